The summed E-state index contributed by atoms with van der Waals surface area (Å²) in [7, 11) is 0. The van der Waals surface area contributed by atoms with E-state index in [9.17, 15) is 5.26 Å². The molecular weight excluding hydrogens is 312 g/mol. The number of benzene rings is 1. The molecule has 2 aromatic rings. The number of rotatable bonds is 5. The molecule has 1 fully saturated rings. The molecule has 0 spiro atoms. The summed E-state index contributed by atoms with van der Waals surface area (Å²) in [4.78, 5) is 0. The highest BCUT2D eigenvalue weighted by atomic mass is 16.5. The molecule has 0 radical (unpaired) electrons. The lowest BCUT2D eigenvalue weighted by Crippen LogP contribution is -2.05. The van der Waals surface area contributed by atoms with E-state index in [1.54, 1.807) is 0 Å². The number of aromatic nitrogens is 3. The number of hydrogen-bond acceptors (Lipinski definition) is 4. The average Bonchev–Trinajstić information content (AvgIpc) is 3.43. The van der Waals surface area contributed by atoms with E-state index in [0.29, 0.717) is 17.3 Å². The van der Waals surface area contributed by atoms with Gasteiger partial charge in [0, 0.05) is 18.5 Å². The Morgan fingerprint density at radius 2 is 2.12 bits per heavy atom. The van der Waals surface area contributed by atoms with Crippen LogP contribution in [0.3, 0.4) is 0 Å². The van der Waals surface area contributed by atoms with E-state index in [-0.39, 0.29) is 0 Å². The summed E-state index contributed by atoms with van der Waals surface area (Å²) in [6, 6.07) is 10.2. The Morgan fingerprint density at radius 3 is 2.96 bits per heavy atom. The Labute approximate surface area is 147 Å². The zero-order valence-corrected chi connectivity index (χ0v) is 14.3. The van der Waals surface area contributed by atoms with Gasteiger partial charge in [0.1, 0.15) is 17.6 Å². The Morgan fingerprint density at radius 1 is 1.24 bits per heavy atom. The van der Waals surface area contributed by atoms with Crippen LogP contribution >= 0.6 is 0 Å². The van der Waals surface area contributed by atoms with E-state index in [2.05, 4.69) is 20.8 Å². The predicted molar refractivity (Wildman–Crippen MR) is 95.7 cm³/mol. The van der Waals surface area contributed by atoms with Crippen molar-refractivity contribution in [2.45, 2.75) is 45.1 Å². The Bertz CT molecular complexity index is 826. The van der Waals surface area contributed by atoms with E-state index >= 15 is 0 Å². The monoisotopic (exact) mass is 334 g/mol. The third kappa shape index (κ3) is 3.58. The molecule has 0 bridgehead atoms. The van der Waals surface area contributed by atoms with Gasteiger partial charge in [0.2, 0.25) is 0 Å². The lowest BCUT2D eigenvalue weighted by molar-refractivity contribution is 0.299. The topological polar surface area (TPSA) is 63.7 Å². The van der Waals surface area contributed by atoms with Gasteiger partial charge >= 0.3 is 0 Å². The molecule has 5 nitrogen and oxygen atoms in total. The zero-order chi connectivity index (χ0) is 17.1. The number of allylic oxidation sites excluding steroid dienone is 1. The van der Waals surface area contributed by atoms with Gasteiger partial charge in [-0.05, 0) is 43.7 Å². The lowest BCUT2D eigenvalue weighted by Gasteiger charge is -2.09. The fourth-order valence-electron chi connectivity index (χ4n) is 3.21. The first-order valence-electron chi connectivity index (χ1n) is 9.11. The third-order valence-electron chi connectivity index (χ3n) is 4.86. The van der Waals surface area contributed by atoms with Gasteiger partial charge in [0.25, 0.3) is 0 Å². The summed E-state index contributed by atoms with van der Waals surface area (Å²) in [5.74, 6) is 3.20. The van der Waals surface area contributed by atoms with Gasteiger partial charge in [0.15, 0.2) is 5.82 Å². The van der Waals surface area contributed by atoms with E-state index in [1.807, 2.05) is 30.3 Å². The van der Waals surface area contributed by atoms with Crippen molar-refractivity contribution in [3.63, 3.8) is 0 Å². The van der Waals surface area contributed by atoms with Crippen LogP contribution in [0.1, 0.15) is 49.3 Å². The molecule has 1 aromatic heterocycles. The highest BCUT2D eigenvalue weighted by Crippen LogP contribution is 2.31. The second kappa shape index (κ2) is 7.10. The molecule has 25 heavy (non-hydrogen) atoms. The van der Waals surface area contributed by atoms with Gasteiger partial charge in [-0.2, -0.15) is 5.26 Å². The van der Waals surface area contributed by atoms with Crippen LogP contribution in [0.15, 0.2) is 24.3 Å². The molecule has 0 N–H and O–H groups in total. The summed E-state index contributed by atoms with van der Waals surface area (Å²) in [6.07, 6.45) is 8.78. The van der Waals surface area contributed by atoms with Crippen LogP contribution in [0.5, 0.6) is 5.75 Å². The maximum atomic E-state index is 9.71. The number of hydrogen-bond donors (Lipinski definition) is 0. The second-order valence-corrected chi connectivity index (χ2v) is 6.86. The van der Waals surface area contributed by atoms with Gasteiger partial charge in [-0.3, -0.25) is 0 Å². The predicted octanol–water partition coefficient (Wildman–Crippen LogP) is 3.86. The minimum Gasteiger partial charge on any atom is -0.493 e. The van der Waals surface area contributed by atoms with Crippen LogP contribution in [0.2, 0.25) is 0 Å². The largest absolute Gasteiger partial charge is 0.493 e. The molecule has 0 atom stereocenters. The minimum atomic E-state index is 0.545. The first-order valence-corrected chi connectivity index (χ1v) is 9.11. The Balaban J connectivity index is 1.65. The molecule has 1 aromatic carbocycles. The molecule has 128 valence electrons. The molecule has 1 saturated carbocycles. The van der Waals surface area contributed by atoms with Crippen molar-refractivity contribution in [1.82, 2.24) is 14.8 Å². The van der Waals surface area contributed by atoms with E-state index in [4.69, 9.17) is 4.74 Å². The van der Waals surface area contributed by atoms with E-state index < -0.39 is 0 Å². The second-order valence-electron chi connectivity index (χ2n) is 6.86. The number of aryl methyl sites for hydroxylation is 1. The van der Waals surface area contributed by atoms with Gasteiger partial charge in [-0.15, -0.1) is 10.2 Å². The fourth-order valence-corrected chi connectivity index (χ4v) is 3.21. The van der Waals surface area contributed by atoms with Crippen molar-refractivity contribution in [2.75, 3.05) is 6.61 Å². The number of fused-ring (bicyclic) bond motifs is 1. The molecule has 4 rings (SSSR count). The van der Waals surface area contributed by atoms with Crippen molar-refractivity contribution in [3.8, 4) is 11.8 Å². The van der Waals surface area contributed by atoms with Gasteiger partial charge in [0.05, 0.1) is 12.2 Å². The van der Waals surface area contributed by atoms with Crippen LogP contribution in [-0.2, 0) is 13.0 Å². The summed E-state index contributed by atoms with van der Waals surface area (Å²) in [5.41, 5.74) is 1.47. The minimum absolute atomic E-state index is 0.545. The summed E-state index contributed by atoms with van der Waals surface area (Å²) < 4.78 is 8.07. The van der Waals surface area contributed by atoms with Gasteiger partial charge in [-0.25, -0.2) is 0 Å². The van der Waals surface area contributed by atoms with Crippen molar-refractivity contribution in [3.05, 3.63) is 41.5 Å². The summed E-state index contributed by atoms with van der Waals surface area (Å²) in [6.45, 7) is 1.64. The van der Waals surface area contributed by atoms with Crippen molar-refractivity contribution in [1.29, 1.82) is 5.26 Å². The number of nitrogens with zero attached hydrogens (tertiary/aromatic N) is 4. The van der Waals surface area contributed by atoms with Crippen LogP contribution in [0.25, 0.3) is 11.6 Å². The normalized spacial score (nSPS) is 17.5. The molecule has 1 aliphatic carbocycles. The highest BCUT2D eigenvalue weighted by Gasteiger charge is 2.22. The Kier molecular flexibility index (Phi) is 4.51. The van der Waals surface area contributed by atoms with Crippen molar-refractivity contribution < 1.29 is 4.74 Å². The molecule has 2 aliphatic rings. The van der Waals surface area contributed by atoms with Crippen molar-refractivity contribution in [2.24, 2.45) is 5.92 Å². The smallest absolute Gasteiger partial charge is 0.174 e. The average molecular weight is 334 g/mol. The third-order valence-corrected chi connectivity index (χ3v) is 4.86. The molecule has 0 unspecified atom stereocenters. The van der Waals surface area contributed by atoms with E-state index in [1.165, 1.54) is 19.3 Å². The summed E-state index contributed by atoms with van der Waals surface area (Å²) >= 11 is 0. The molecule has 1 aliphatic heterocycles. The SMILES string of the molecule is N#CC(=Cc1ccccc1OCC1CC1)c1nnc2n1CCCCC2. The maximum Gasteiger partial charge on any atom is 0.174 e. The maximum absolute atomic E-state index is 9.71. The first kappa shape index (κ1) is 15.9. The lowest BCUT2D eigenvalue weighted by atomic mass is 10.1. The zero-order valence-electron chi connectivity index (χ0n) is 14.3. The van der Waals surface area contributed by atoms with Gasteiger partial charge in [-0.1, -0.05) is 24.6 Å². The number of para-hydroxylation sites is 1. The quantitative estimate of drug-likeness (QED) is 0.779. The molecular formula is C20H22N4O. The van der Waals surface area contributed by atoms with Crippen LogP contribution < -0.4 is 4.74 Å². The van der Waals surface area contributed by atoms with Crippen molar-refractivity contribution >= 4 is 11.6 Å². The highest BCUT2D eigenvalue weighted by molar-refractivity contribution is 5.88. The first-order chi connectivity index (χ1) is 12.3. The Hall–Kier alpha value is -2.61. The molecule has 0 amide bonds. The number of nitriles is 1. The van der Waals surface area contributed by atoms with Gasteiger partial charge < -0.3 is 9.30 Å². The standard InChI is InChI=1S/C20H22N4O/c21-13-17(20-23-22-19-8-2-1-5-11-24(19)20)12-16-6-3-4-7-18(16)25-14-15-9-10-15/h3-4,6-7,12,15H,1-2,5,8-11,14H2. The molecule has 2 heterocycles. The fraction of sp³-hybridized carbons (Fsp3) is 0.450. The van der Waals surface area contributed by atoms with Crippen LogP contribution in [0, 0.1) is 17.2 Å². The number of ether oxygens (including phenoxy) is 1. The van der Waals surface area contributed by atoms with E-state index in [0.717, 1.165) is 49.6 Å². The molecule has 5 heteroatoms. The van der Waals surface area contributed by atoms with Crippen LogP contribution in [0.4, 0.5) is 0 Å². The summed E-state index contributed by atoms with van der Waals surface area (Å²) in [5, 5.41) is 18.3. The van der Waals surface area contributed by atoms with Crippen LogP contribution in [-0.4, -0.2) is 21.4 Å². The molecule has 0 saturated heterocycles.